The number of anilines is 6. The summed E-state index contributed by atoms with van der Waals surface area (Å²) in [4.78, 5) is 5.13. The van der Waals surface area contributed by atoms with Crippen LogP contribution in [0.2, 0.25) is 0 Å². The number of hydrogen-bond acceptors (Lipinski definition) is 3. The lowest BCUT2D eigenvalue weighted by Gasteiger charge is -2.46. The summed E-state index contributed by atoms with van der Waals surface area (Å²) in [6.45, 7) is 27.2. The zero-order valence-electron chi connectivity index (χ0n) is 63.8. The second kappa shape index (κ2) is 23.8. The van der Waals surface area contributed by atoms with E-state index in [4.69, 9.17) is 0 Å². The lowest BCUT2D eigenvalue weighted by molar-refractivity contribution is 0.590. The van der Waals surface area contributed by atoms with E-state index in [1.807, 2.05) is 11.3 Å². The summed E-state index contributed by atoms with van der Waals surface area (Å²) in [7, 11) is 0. The van der Waals surface area contributed by atoms with Crippen molar-refractivity contribution in [1.82, 2.24) is 4.57 Å². The molecule has 14 aromatic carbocycles. The van der Waals surface area contributed by atoms with Crippen LogP contribution in [-0.2, 0) is 21.7 Å². The number of rotatable bonds is 8. The minimum atomic E-state index is -0.640. The van der Waals surface area contributed by atoms with Crippen molar-refractivity contribution >= 4 is 121 Å². The van der Waals surface area contributed by atoms with Gasteiger partial charge in [-0.1, -0.05) is 308 Å². The molecule has 0 atom stereocenters. The van der Waals surface area contributed by atoms with Crippen molar-refractivity contribution in [3.05, 3.63) is 313 Å². The molecule has 0 fully saturated rings. The van der Waals surface area contributed by atoms with Crippen molar-refractivity contribution in [2.45, 2.75) is 105 Å². The Hall–Kier alpha value is -11.0. The van der Waals surface area contributed by atoms with Crippen LogP contribution in [0.25, 0.3) is 115 Å². The monoisotopic (exact) mass is 1350 g/mol. The standard InChI is InChI=1S/C98H84BN3S/c1-95(2,3)65-49-51-76-87(59-65)103-94-93(76)102(91-77(61-33-17-13-18-34-61)53-66(96(4,5)6)54-78(91)62-35-19-14-20-36-62)86-58-68(98(10,11)12)57-85-90(86)99(94)81-52-50-69(100-82-47-31-29-41-70(82)71-42-30-32-48-83(71)100)60-84(81)101(85)92-79(63-37-21-15-22-38-63)55-67(97(7,8)9)56-80(92)89-74-45-27-25-43-72(74)88(64-39-23-16-24-40-64)73-44-26-28-46-75(73)89/h13-60H,1-12H3/i50D,52D,60D. The van der Waals surface area contributed by atoms with E-state index < -0.39 is 12.1 Å². The van der Waals surface area contributed by atoms with Gasteiger partial charge in [0.15, 0.2) is 0 Å². The van der Waals surface area contributed by atoms with E-state index in [1.54, 1.807) is 0 Å². The molecule has 0 saturated heterocycles. The van der Waals surface area contributed by atoms with E-state index in [0.29, 0.717) is 16.8 Å². The van der Waals surface area contributed by atoms with Gasteiger partial charge in [-0.2, -0.15) is 0 Å². The van der Waals surface area contributed by atoms with Crippen molar-refractivity contribution in [3.8, 4) is 61.3 Å². The molecule has 500 valence electrons. The fourth-order valence-electron chi connectivity index (χ4n) is 16.5. The first-order valence-electron chi connectivity index (χ1n) is 37.9. The summed E-state index contributed by atoms with van der Waals surface area (Å²) in [5, 5.41) is 7.61. The van der Waals surface area contributed by atoms with Crippen molar-refractivity contribution in [2.75, 3.05) is 9.80 Å². The number of fused-ring (bicyclic) bond motifs is 11. The Morgan fingerprint density at radius 1 is 0.320 bits per heavy atom. The average Bonchev–Trinajstić information content (AvgIpc) is 1.18. The van der Waals surface area contributed by atoms with Gasteiger partial charge in [-0.3, -0.25) is 0 Å². The fourth-order valence-corrected chi connectivity index (χ4v) is 17.9. The molecule has 103 heavy (non-hydrogen) atoms. The summed E-state index contributed by atoms with van der Waals surface area (Å²) in [6.07, 6.45) is 0. The van der Waals surface area contributed by atoms with Crippen LogP contribution in [0.1, 0.15) is 109 Å². The lowest BCUT2D eigenvalue weighted by atomic mass is 9.36. The number of hydrogen-bond donors (Lipinski definition) is 0. The molecule has 0 radical (unpaired) electrons. The SMILES string of the molecule is [2H]c1c([2H])c(-n2c3ccccc3c3ccccc32)c([2H])c2c1B1c3sc4cc(C(C)(C)C)ccc4c3N(c3c(-c4ccccc4)cc(C(C)(C)C)cc3-c3ccccc3)c3cc(C(C)(C)C)cc(c31)N2c1c(-c2ccccc2)cc(C(C)(C)C)cc1-c1c2ccccc2c(-c2ccccc2)c2ccccc12. The van der Waals surface area contributed by atoms with Gasteiger partial charge in [0.05, 0.1) is 32.2 Å². The molecule has 2 aliphatic rings. The Kier molecular flexibility index (Phi) is 14.0. The van der Waals surface area contributed by atoms with Crippen LogP contribution >= 0.6 is 11.3 Å². The number of para-hydroxylation sites is 2. The molecule has 0 unspecified atom stereocenters. The topological polar surface area (TPSA) is 11.4 Å². The summed E-state index contributed by atoms with van der Waals surface area (Å²) < 4.78 is 38.8. The number of aromatic nitrogens is 1. The van der Waals surface area contributed by atoms with Crippen molar-refractivity contribution in [1.29, 1.82) is 0 Å². The summed E-state index contributed by atoms with van der Waals surface area (Å²) >= 11 is 1.81. The molecule has 0 bridgehead atoms. The number of benzene rings is 14. The van der Waals surface area contributed by atoms with Crippen LogP contribution < -0.4 is 25.5 Å². The summed E-state index contributed by atoms with van der Waals surface area (Å²) in [5.41, 5.74) is 23.5. The molecule has 16 aromatic rings. The van der Waals surface area contributed by atoms with Crippen LogP contribution in [0.3, 0.4) is 0 Å². The highest BCUT2D eigenvalue weighted by molar-refractivity contribution is 7.33. The zero-order valence-corrected chi connectivity index (χ0v) is 61.6. The Balaban J connectivity index is 1.10. The molecule has 2 aromatic heterocycles. The molecule has 0 N–H and O–H groups in total. The molecule has 18 rings (SSSR count). The highest BCUT2D eigenvalue weighted by Crippen LogP contribution is 2.58. The van der Waals surface area contributed by atoms with E-state index in [2.05, 4.69) is 370 Å². The van der Waals surface area contributed by atoms with Gasteiger partial charge in [-0.15, -0.1) is 11.3 Å². The Morgan fingerprint density at radius 3 is 1.17 bits per heavy atom. The third-order valence-electron chi connectivity index (χ3n) is 21.9. The zero-order chi connectivity index (χ0) is 73.2. The van der Waals surface area contributed by atoms with Gasteiger partial charge in [0.1, 0.15) is 0 Å². The summed E-state index contributed by atoms with van der Waals surface area (Å²) in [5.74, 6) is 0. The molecule has 4 heterocycles. The van der Waals surface area contributed by atoms with Crippen molar-refractivity contribution in [2.24, 2.45) is 0 Å². The molecule has 0 amide bonds. The predicted octanol–water partition coefficient (Wildman–Crippen LogP) is 25.9. The molecule has 0 aliphatic carbocycles. The highest BCUT2D eigenvalue weighted by atomic mass is 32.1. The first kappa shape index (κ1) is 60.8. The highest BCUT2D eigenvalue weighted by Gasteiger charge is 2.48. The number of thiophene rings is 1. The van der Waals surface area contributed by atoms with E-state index in [9.17, 15) is 4.11 Å². The van der Waals surface area contributed by atoms with E-state index in [1.165, 1.54) is 16.7 Å². The van der Waals surface area contributed by atoms with Crippen LogP contribution in [-0.4, -0.2) is 11.3 Å². The molecular formula is C98H84BN3S. The average molecular weight is 1350 g/mol. The van der Waals surface area contributed by atoms with Crippen LogP contribution in [0.15, 0.2) is 291 Å². The van der Waals surface area contributed by atoms with Gasteiger partial charge in [-0.25, -0.2) is 0 Å². The smallest absolute Gasteiger partial charge is 0.264 e. The minimum Gasteiger partial charge on any atom is -0.310 e. The first-order valence-corrected chi connectivity index (χ1v) is 37.3. The first-order chi connectivity index (χ1) is 50.9. The van der Waals surface area contributed by atoms with Crippen LogP contribution in [0.5, 0.6) is 0 Å². The van der Waals surface area contributed by atoms with Crippen molar-refractivity contribution < 1.29 is 4.11 Å². The van der Waals surface area contributed by atoms with Gasteiger partial charge >= 0.3 is 0 Å². The second-order valence-electron chi connectivity index (χ2n) is 32.6. The number of nitrogens with zero attached hydrogens (tertiary/aromatic N) is 3. The maximum absolute atomic E-state index is 11.9. The van der Waals surface area contributed by atoms with E-state index >= 15 is 0 Å². The largest absolute Gasteiger partial charge is 0.310 e. The van der Waals surface area contributed by atoms with Crippen LogP contribution in [0, 0.1) is 0 Å². The Labute approximate surface area is 615 Å². The third-order valence-corrected chi connectivity index (χ3v) is 23.1. The minimum absolute atomic E-state index is 0.00204. The maximum atomic E-state index is 11.9. The van der Waals surface area contributed by atoms with Gasteiger partial charge in [0, 0.05) is 70.6 Å². The van der Waals surface area contributed by atoms with Crippen LogP contribution in [0.4, 0.5) is 34.1 Å². The molecular weight excluding hydrogens is 1260 g/mol. The Bertz CT molecular complexity index is 6110. The van der Waals surface area contributed by atoms with Crippen molar-refractivity contribution in [3.63, 3.8) is 0 Å². The summed E-state index contributed by atoms with van der Waals surface area (Å²) in [6, 6.07) is 101. The molecule has 3 nitrogen and oxygen atoms in total. The predicted molar refractivity (Wildman–Crippen MR) is 447 cm³/mol. The fraction of sp³-hybridized carbons (Fsp3) is 0.163. The third kappa shape index (κ3) is 10.4. The van der Waals surface area contributed by atoms with Gasteiger partial charge < -0.3 is 14.4 Å². The molecule has 2 aliphatic heterocycles. The van der Waals surface area contributed by atoms with E-state index in [-0.39, 0.29) is 34.4 Å². The van der Waals surface area contributed by atoms with Gasteiger partial charge in [0.25, 0.3) is 6.71 Å². The lowest BCUT2D eigenvalue weighted by Crippen LogP contribution is -2.60. The normalized spacial score (nSPS) is 13.6. The molecule has 0 spiro atoms. The maximum Gasteiger partial charge on any atom is 0.264 e. The second-order valence-corrected chi connectivity index (χ2v) is 33.6. The van der Waals surface area contributed by atoms with Gasteiger partial charge in [0.2, 0.25) is 0 Å². The Morgan fingerprint density at radius 2 is 0.709 bits per heavy atom. The van der Waals surface area contributed by atoms with E-state index in [0.717, 1.165) is 153 Å². The quantitative estimate of drug-likeness (QED) is 0.111. The van der Waals surface area contributed by atoms with Gasteiger partial charge in [-0.05, 0) is 176 Å². The molecule has 5 heteroatoms. The molecule has 0 saturated carbocycles.